The zero-order valence-corrected chi connectivity index (χ0v) is 7.48. The van der Waals surface area contributed by atoms with Gasteiger partial charge in [-0.2, -0.15) is 8.78 Å². The van der Waals surface area contributed by atoms with E-state index in [9.17, 15) is 13.6 Å². The first-order chi connectivity index (χ1) is 6.56. The van der Waals surface area contributed by atoms with Crippen molar-refractivity contribution >= 4 is 5.97 Å². The summed E-state index contributed by atoms with van der Waals surface area (Å²) >= 11 is 0. The number of esters is 1. The zero-order chi connectivity index (χ0) is 10.6. The van der Waals surface area contributed by atoms with Gasteiger partial charge >= 0.3 is 11.9 Å². The minimum atomic E-state index is -3.57. The van der Waals surface area contributed by atoms with E-state index in [0.29, 0.717) is 0 Å². The molecule has 0 fully saturated rings. The molecule has 0 N–H and O–H groups in total. The van der Waals surface area contributed by atoms with Crippen LogP contribution in [-0.2, 0) is 16.1 Å². The van der Waals surface area contributed by atoms with E-state index in [1.807, 2.05) is 0 Å². The maximum atomic E-state index is 13.0. The van der Waals surface area contributed by atoms with Crippen molar-refractivity contribution in [3.8, 4) is 0 Å². The number of rotatable bonds is 4. The Labute approximate surface area is 78.7 Å². The predicted molar refractivity (Wildman–Crippen MR) is 41.6 cm³/mol. The topological polar surface area (TPSA) is 57.0 Å². The second-order valence-corrected chi connectivity index (χ2v) is 2.53. The van der Waals surface area contributed by atoms with Gasteiger partial charge in [0.05, 0.1) is 12.8 Å². The summed E-state index contributed by atoms with van der Waals surface area (Å²) in [5.74, 6) is -5.11. The van der Waals surface area contributed by atoms with Crippen LogP contribution in [0.3, 0.4) is 0 Å². The molecule has 1 aromatic heterocycles. The Kier molecular flexibility index (Phi) is 3.10. The van der Waals surface area contributed by atoms with Gasteiger partial charge in [0, 0.05) is 6.20 Å². The highest BCUT2D eigenvalue weighted by molar-refractivity contribution is 5.77. The van der Waals surface area contributed by atoms with E-state index >= 15 is 0 Å². The highest BCUT2D eigenvalue weighted by atomic mass is 19.3. The standard InChI is InChI=1S/C7H9F2N3O2/c1-2-14-6(13)7(8,9)5-12-4-3-10-11-12/h3-4H,2,5H2,1H3. The van der Waals surface area contributed by atoms with Crippen LogP contribution in [0.15, 0.2) is 12.4 Å². The van der Waals surface area contributed by atoms with E-state index in [0.717, 1.165) is 4.68 Å². The van der Waals surface area contributed by atoms with Crippen LogP contribution in [0.4, 0.5) is 8.78 Å². The van der Waals surface area contributed by atoms with Gasteiger partial charge in [-0.1, -0.05) is 5.21 Å². The van der Waals surface area contributed by atoms with Crippen LogP contribution < -0.4 is 0 Å². The van der Waals surface area contributed by atoms with Crippen LogP contribution in [0.25, 0.3) is 0 Å². The number of aromatic nitrogens is 3. The number of carbonyl (C=O) groups is 1. The molecule has 1 rings (SSSR count). The summed E-state index contributed by atoms with van der Waals surface area (Å²) in [4.78, 5) is 10.8. The number of carbonyl (C=O) groups excluding carboxylic acids is 1. The second kappa shape index (κ2) is 4.12. The van der Waals surface area contributed by atoms with Crippen molar-refractivity contribution in [1.29, 1.82) is 0 Å². The molecule has 0 bridgehead atoms. The molecule has 7 heteroatoms. The van der Waals surface area contributed by atoms with E-state index in [1.54, 1.807) is 0 Å². The molecule has 0 radical (unpaired) electrons. The van der Waals surface area contributed by atoms with Crippen LogP contribution in [0.5, 0.6) is 0 Å². The Morgan fingerprint density at radius 3 is 2.86 bits per heavy atom. The van der Waals surface area contributed by atoms with E-state index < -0.39 is 18.4 Å². The number of hydrogen-bond acceptors (Lipinski definition) is 4. The van der Waals surface area contributed by atoms with Crippen LogP contribution in [0, 0.1) is 0 Å². The van der Waals surface area contributed by atoms with Crippen LogP contribution in [0.2, 0.25) is 0 Å². The quantitative estimate of drug-likeness (QED) is 0.671. The average Bonchev–Trinajstić information content (AvgIpc) is 2.56. The molecule has 1 aromatic rings. The Morgan fingerprint density at radius 2 is 2.36 bits per heavy atom. The third-order valence-electron chi connectivity index (χ3n) is 1.41. The van der Waals surface area contributed by atoms with E-state index in [-0.39, 0.29) is 6.61 Å². The molecule has 0 saturated heterocycles. The summed E-state index contributed by atoms with van der Waals surface area (Å²) in [6, 6.07) is 0. The highest BCUT2D eigenvalue weighted by Gasteiger charge is 2.41. The van der Waals surface area contributed by atoms with Gasteiger partial charge in [0.1, 0.15) is 6.54 Å². The molecule has 0 aliphatic heterocycles. The first-order valence-corrected chi connectivity index (χ1v) is 3.95. The first-order valence-electron chi connectivity index (χ1n) is 3.95. The maximum Gasteiger partial charge on any atom is 0.379 e. The summed E-state index contributed by atoms with van der Waals surface area (Å²) in [5.41, 5.74) is 0. The van der Waals surface area contributed by atoms with Gasteiger partial charge in [-0.3, -0.25) is 0 Å². The third-order valence-corrected chi connectivity index (χ3v) is 1.41. The molecular formula is C7H9F2N3O2. The molecule has 0 spiro atoms. The Morgan fingerprint density at radius 1 is 1.64 bits per heavy atom. The van der Waals surface area contributed by atoms with Crippen molar-refractivity contribution in [3.63, 3.8) is 0 Å². The van der Waals surface area contributed by atoms with Crippen molar-refractivity contribution in [1.82, 2.24) is 15.0 Å². The Hall–Kier alpha value is -1.53. The van der Waals surface area contributed by atoms with Gasteiger partial charge in [-0.05, 0) is 6.92 Å². The number of hydrogen-bond donors (Lipinski definition) is 0. The first kappa shape index (κ1) is 10.6. The summed E-state index contributed by atoms with van der Waals surface area (Å²) < 4.78 is 31.1. The Balaban J connectivity index is 2.61. The van der Waals surface area contributed by atoms with E-state index in [1.165, 1.54) is 19.3 Å². The lowest BCUT2D eigenvalue weighted by Gasteiger charge is -2.13. The van der Waals surface area contributed by atoms with Crippen molar-refractivity contribution in [2.45, 2.75) is 19.4 Å². The van der Waals surface area contributed by atoms with Crippen LogP contribution in [0.1, 0.15) is 6.92 Å². The normalized spacial score (nSPS) is 11.4. The number of alkyl halides is 2. The fraction of sp³-hybridized carbons (Fsp3) is 0.571. The molecule has 5 nitrogen and oxygen atoms in total. The molecule has 14 heavy (non-hydrogen) atoms. The summed E-state index contributed by atoms with van der Waals surface area (Å²) in [7, 11) is 0. The maximum absolute atomic E-state index is 13.0. The molecule has 0 aromatic carbocycles. The van der Waals surface area contributed by atoms with Gasteiger partial charge in [-0.15, -0.1) is 5.10 Å². The van der Waals surface area contributed by atoms with Crippen molar-refractivity contribution in [2.24, 2.45) is 0 Å². The highest BCUT2D eigenvalue weighted by Crippen LogP contribution is 2.17. The van der Waals surface area contributed by atoms with Crippen molar-refractivity contribution in [3.05, 3.63) is 12.4 Å². The van der Waals surface area contributed by atoms with Gasteiger partial charge in [0.15, 0.2) is 0 Å². The molecule has 0 unspecified atom stereocenters. The van der Waals surface area contributed by atoms with Gasteiger partial charge in [0.2, 0.25) is 0 Å². The molecule has 0 amide bonds. The number of nitrogens with zero attached hydrogens (tertiary/aromatic N) is 3. The summed E-state index contributed by atoms with van der Waals surface area (Å²) in [6.45, 7) is 0.529. The molecule has 1 heterocycles. The fourth-order valence-corrected chi connectivity index (χ4v) is 0.822. The summed E-state index contributed by atoms with van der Waals surface area (Å²) in [6.07, 6.45) is 2.49. The largest absolute Gasteiger partial charge is 0.462 e. The lowest BCUT2D eigenvalue weighted by Crippen LogP contribution is -2.35. The predicted octanol–water partition coefficient (Wildman–Crippen LogP) is 0.476. The van der Waals surface area contributed by atoms with Crippen LogP contribution >= 0.6 is 0 Å². The smallest absolute Gasteiger partial charge is 0.379 e. The third kappa shape index (κ3) is 2.48. The second-order valence-electron chi connectivity index (χ2n) is 2.53. The number of ether oxygens (including phenoxy) is 1. The molecule has 0 saturated carbocycles. The average molecular weight is 205 g/mol. The van der Waals surface area contributed by atoms with Gasteiger partial charge in [-0.25, -0.2) is 9.48 Å². The molecule has 0 aliphatic rings. The summed E-state index contributed by atoms with van der Waals surface area (Å²) in [5, 5.41) is 6.66. The lowest BCUT2D eigenvalue weighted by atomic mass is 10.3. The molecule has 0 aliphatic carbocycles. The zero-order valence-electron chi connectivity index (χ0n) is 7.48. The van der Waals surface area contributed by atoms with E-state index in [2.05, 4.69) is 15.0 Å². The van der Waals surface area contributed by atoms with E-state index in [4.69, 9.17) is 0 Å². The molecular weight excluding hydrogens is 196 g/mol. The lowest BCUT2D eigenvalue weighted by molar-refractivity contribution is -0.173. The fourth-order valence-electron chi connectivity index (χ4n) is 0.822. The minimum absolute atomic E-state index is 0.0776. The monoisotopic (exact) mass is 205 g/mol. The Bertz CT molecular complexity index is 300. The SMILES string of the molecule is CCOC(=O)C(F)(F)Cn1ccnn1. The number of halogens is 2. The van der Waals surface area contributed by atoms with Crippen LogP contribution in [-0.4, -0.2) is 33.5 Å². The molecule has 0 atom stereocenters. The van der Waals surface area contributed by atoms with Gasteiger partial charge in [0.25, 0.3) is 0 Å². The minimum Gasteiger partial charge on any atom is -0.462 e. The van der Waals surface area contributed by atoms with Crippen molar-refractivity contribution in [2.75, 3.05) is 6.61 Å². The van der Waals surface area contributed by atoms with Crippen molar-refractivity contribution < 1.29 is 18.3 Å². The molecule has 78 valence electrons. The van der Waals surface area contributed by atoms with Gasteiger partial charge < -0.3 is 4.74 Å².